The van der Waals surface area contributed by atoms with Crippen LogP contribution in [0.1, 0.15) is 14.4 Å². The van der Waals surface area contributed by atoms with Crippen LogP contribution in [0.25, 0.3) is 0 Å². The van der Waals surface area contributed by atoms with Crippen molar-refractivity contribution in [2.24, 2.45) is 0 Å². The summed E-state index contributed by atoms with van der Waals surface area (Å²) in [6, 6.07) is 0. The summed E-state index contributed by atoms with van der Waals surface area (Å²) in [7, 11) is 0. The third-order valence-corrected chi connectivity index (χ3v) is 1.07. The van der Waals surface area contributed by atoms with Gasteiger partial charge in [-0.3, -0.25) is 0 Å². The summed E-state index contributed by atoms with van der Waals surface area (Å²) in [4.78, 5) is 0. The molecule has 0 aromatic carbocycles. The molecule has 2 heteroatoms. The molecule has 1 N–H and O–H groups in total. The van der Waals surface area contributed by atoms with Gasteiger partial charge < -0.3 is 9.84 Å². The highest BCUT2D eigenvalue weighted by molar-refractivity contribution is 4.71. The van der Waals surface area contributed by atoms with E-state index < -0.39 is 0 Å². The average Bonchev–Trinajstić information content (AvgIpc) is 1.61. The summed E-state index contributed by atoms with van der Waals surface area (Å²) in [5.74, 6) is 0. The van der Waals surface area contributed by atoms with Gasteiger partial charge in [0.15, 0.2) is 0 Å². The summed E-state index contributed by atoms with van der Waals surface area (Å²) in [6.45, 7) is 2.38. The molecule has 0 radical (unpaired) electrons. The first-order valence-electron chi connectivity index (χ1n) is 2.10. The highest BCUT2D eigenvalue weighted by atomic mass is 16.5. The van der Waals surface area contributed by atoms with Crippen molar-refractivity contribution in [3.63, 3.8) is 0 Å². The molecule has 44 valence electrons. The van der Waals surface area contributed by atoms with E-state index in [2.05, 4.69) is 0 Å². The van der Waals surface area contributed by atoms with Gasteiger partial charge in [-0.1, -0.05) is 7.43 Å². The molecular formula is C5H12O2. The Morgan fingerprint density at radius 3 is 2.14 bits per heavy atom. The molecule has 1 heterocycles. The molecule has 0 aliphatic carbocycles. The van der Waals surface area contributed by atoms with Crippen molar-refractivity contribution in [1.82, 2.24) is 0 Å². The summed E-state index contributed by atoms with van der Waals surface area (Å²) < 4.78 is 4.79. The van der Waals surface area contributed by atoms with Crippen molar-refractivity contribution in [3.8, 4) is 0 Å². The molecule has 1 aliphatic heterocycles. The van der Waals surface area contributed by atoms with Crippen molar-refractivity contribution in [1.29, 1.82) is 0 Å². The zero-order valence-corrected chi connectivity index (χ0v) is 3.72. The van der Waals surface area contributed by atoms with Gasteiger partial charge in [0.1, 0.15) is 6.10 Å². The predicted octanol–water partition coefficient (Wildman–Crippen LogP) is 0.402. The lowest BCUT2D eigenvalue weighted by Crippen LogP contribution is -2.42. The van der Waals surface area contributed by atoms with Gasteiger partial charge in [0, 0.05) is 0 Å². The van der Waals surface area contributed by atoms with Crippen LogP contribution in [0.2, 0.25) is 0 Å². The van der Waals surface area contributed by atoms with Gasteiger partial charge >= 0.3 is 0 Å². The molecule has 1 saturated heterocycles. The van der Waals surface area contributed by atoms with Gasteiger partial charge in [0.05, 0.1) is 12.7 Å². The van der Waals surface area contributed by atoms with Crippen molar-refractivity contribution in [2.45, 2.75) is 26.6 Å². The van der Waals surface area contributed by atoms with Gasteiger partial charge in [-0.25, -0.2) is 0 Å². The van der Waals surface area contributed by atoms with E-state index in [0.29, 0.717) is 6.61 Å². The molecule has 0 bridgehead atoms. The van der Waals surface area contributed by atoms with Crippen molar-refractivity contribution >= 4 is 0 Å². The Balaban J connectivity index is 0.000000360. The zero-order valence-electron chi connectivity index (χ0n) is 3.72. The van der Waals surface area contributed by atoms with Crippen LogP contribution in [0.4, 0.5) is 0 Å². The largest absolute Gasteiger partial charge is 0.388 e. The van der Waals surface area contributed by atoms with Crippen LogP contribution in [-0.2, 0) is 4.74 Å². The minimum absolute atomic E-state index is 0. The van der Waals surface area contributed by atoms with Gasteiger partial charge in [-0.2, -0.15) is 0 Å². The molecule has 2 atom stereocenters. The first-order chi connectivity index (χ1) is 2.80. The van der Waals surface area contributed by atoms with Crippen LogP contribution >= 0.6 is 0 Å². The van der Waals surface area contributed by atoms with E-state index in [9.17, 15) is 0 Å². The van der Waals surface area contributed by atoms with E-state index in [1.165, 1.54) is 0 Å². The molecule has 1 aliphatic rings. The summed E-state index contributed by atoms with van der Waals surface area (Å²) in [6.07, 6.45) is -0.102. The lowest BCUT2D eigenvalue weighted by atomic mass is 10.2. The monoisotopic (exact) mass is 104 g/mol. The Hall–Kier alpha value is -0.0800. The number of hydrogen-bond donors (Lipinski definition) is 1. The van der Waals surface area contributed by atoms with Gasteiger partial charge in [-0.15, -0.1) is 0 Å². The van der Waals surface area contributed by atoms with E-state index in [4.69, 9.17) is 9.84 Å². The number of ether oxygens (including phenoxy) is 1. The third-order valence-electron chi connectivity index (χ3n) is 1.07. The second-order valence-corrected chi connectivity index (χ2v) is 1.61. The van der Waals surface area contributed by atoms with Gasteiger partial charge in [-0.05, 0) is 6.92 Å². The molecule has 1 fully saturated rings. The van der Waals surface area contributed by atoms with Gasteiger partial charge in [0.2, 0.25) is 0 Å². The second-order valence-electron chi connectivity index (χ2n) is 1.61. The Labute approximate surface area is 44.1 Å². The number of rotatable bonds is 0. The molecule has 0 saturated carbocycles. The van der Waals surface area contributed by atoms with Crippen LogP contribution in [0.5, 0.6) is 0 Å². The second kappa shape index (κ2) is 2.28. The van der Waals surface area contributed by atoms with Crippen LogP contribution in [-0.4, -0.2) is 23.9 Å². The molecule has 7 heavy (non-hydrogen) atoms. The molecule has 0 spiro atoms. The Morgan fingerprint density at radius 2 is 2.14 bits per heavy atom. The molecule has 0 aromatic heterocycles. The maximum atomic E-state index is 8.59. The van der Waals surface area contributed by atoms with Crippen LogP contribution in [0.15, 0.2) is 0 Å². The topological polar surface area (TPSA) is 29.5 Å². The highest BCUT2D eigenvalue weighted by Crippen LogP contribution is 2.09. The summed E-state index contributed by atoms with van der Waals surface area (Å²) >= 11 is 0. The van der Waals surface area contributed by atoms with Gasteiger partial charge in [0.25, 0.3) is 0 Å². The fraction of sp³-hybridized carbons (Fsp3) is 1.00. The van der Waals surface area contributed by atoms with Crippen LogP contribution < -0.4 is 0 Å². The maximum Gasteiger partial charge on any atom is 0.103 e. The molecule has 2 unspecified atom stereocenters. The van der Waals surface area contributed by atoms with E-state index in [1.54, 1.807) is 0 Å². The smallest absolute Gasteiger partial charge is 0.103 e. The highest BCUT2D eigenvalue weighted by Gasteiger charge is 2.24. The third kappa shape index (κ3) is 1.14. The first kappa shape index (κ1) is 6.92. The Morgan fingerprint density at radius 1 is 1.71 bits per heavy atom. The predicted molar refractivity (Wildman–Crippen MR) is 28.2 cm³/mol. The normalized spacial score (nSPS) is 38.6. The molecule has 0 aromatic rings. The molecule has 2 nitrogen and oxygen atoms in total. The minimum Gasteiger partial charge on any atom is -0.388 e. The van der Waals surface area contributed by atoms with Crippen LogP contribution in [0, 0.1) is 0 Å². The SMILES string of the molecule is C.CC1OCC1O. The summed E-state index contributed by atoms with van der Waals surface area (Å²) in [5, 5.41) is 8.59. The lowest BCUT2D eigenvalue weighted by molar-refractivity contribution is -0.152. The summed E-state index contributed by atoms with van der Waals surface area (Å²) in [5.41, 5.74) is 0. The fourth-order valence-corrected chi connectivity index (χ4v) is 0.375. The lowest BCUT2D eigenvalue weighted by Gasteiger charge is -2.28. The van der Waals surface area contributed by atoms with E-state index in [-0.39, 0.29) is 19.6 Å². The van der Waals surface area contributed by atoms with Crippen molar-refractivity contribution < 1.29 is 9.84 Å². The number of aliphatic hydroxyl groups excluding tert-OH is 1. The van der Waals surface area contributed by atoms with E-state index >= 15 is 0 Å². The molecule has 1 rings (SSSR count). The van der Waals surface area contributed by atoms with Crippen molar-refractivity contribution in [3.05, 3.63) is 0 Å². The fourth-order valence-electron chi connectivity index (χ4n) is 0.375. The average molecular weight is 104 g/mol. The minimum atomic E-state index is -0.190. The van der Waals surface area contributed by atoms with E-state index in [1.807, 2.05) is 6.92 Å². The van der Waals surface area contributed by atoms with E-state index in [0.717, 1.165) is 0 Å². The number of aliphatic hydroxyl groups is 1. The Kier molecular flexibility index (Phi) is 2.26. The molecule has 0 amide bonds. The standard InChI is InChI=1S/C4H8O2.CH4/c1-3-4(5)2-6-3;/h3-5H,2H2,1H3;1H4. The number of hydrogen-bond acceptors (Lipinski definition) is 2. The first-order valence-corrected chi connectivity index (χ1v) is 2.10. The molecular weight excluding hydrogens is 92.1 g/mol. The zero-order chi connectivity index (χ0) is 4.57. The Bertz CT molecular complexity index is 46.0. The van der Waals surface area contributed by atoms with Crippen LogP contribution in [0.3, 0.4) is 0 Å². The van der Waals surface area contributed by atoms with Crippen molar-refractivity contribution in [2.75, 3.05) is 6.61 Å². The quantitative estimate of drug-likeness (QED) is 0.482. The maximum absolute atomic E-state index is 8.59.